The SMILES string of the molecule is O=C(N1CCCC(C(F)(F)C(=O)O)C1)C(F)(F)F. The number of rotatable bonds is 2. The maximum atomic E-state index is 13.1. The topological polar surface area (TPSA) is 57.6 Å². The Kier molecular flexibility index (Phi) is 3.82. The normalized spacial score (nSPS) is 21.8. The van der Waals surface area contributed by atoms with Crippen LogP contribution in [0.5, 0.6) is 0 Å². The molecule has 1 atom stereocenters. The molecule has 1 saturated heterocycles. The first-order chi connectivity index (χ1) is 8.06. The van der Waals surface area contributed by atoms with Gasteiger partial charge < -0.3 is 10.0 Å². The molecule has 1 aliphatic rings. The first-order valence-electron chi connectivity index (χ1n) is 5.04. The fraction of sp³-hybridized carbons (Fsp3) is 0.778. The van der Waals surface area contributed by atoms with Crippen molar-refractivity contribution in [2.75, 3.05) is 13.1 Å². The van der Waals surface area contributed by atoms with Crippen molar-refractivity contribution in [3.63, 3.8) is 0 Å². The molecule has 4 nitrogen and oxygen atoms in total. The number of carboxylic acid groups (broad SMARTS) is 1. The van der Waals surface area contributed by atoms with Crippen LogP contribution in [0.4, 0.5) is 22.0 Å². The molecule has 104 valence electrons. The fourth-order valence-electron chi connectivity index (χ4n) is 1.81. The first-order valence-corrected chi connectivity index (χ1v) is 5.04. The Labute approximate surface area is 98.4 Å². The van der Waals surface area contributed by atoms with Crippen molar-refractivity contribution >= 4 is 11.9 Å². The van der Waals surface area contributed by atoms with Gasteiger partial charge in [0.2, 0.25) is 0 Å². The molecule has 0 aromatic rings. The molecule has 0 aromatic carbocycles. The number of nitrogens with zero attached hydrogens (tertiary/aromatic N) is 1. The van der Waals surface area contributed by atoms with Gasteiger partial charge in [-0.3, -0.25) is 4.79 Å². The maximum absolute atomic E-state index is 13.1. The van der Waals surface area contributed by atoms with Gasteiger partial charge in [0.1, 0.15) is 0 Å². The summed E-state index contributed by atoms with van der Waals surface area (Å²) >= 11 is 0. The number of carbonyl (C=O) groups is 2. The Morgan fingerprint density at radius 2 is 1.72 bits per heavy atom. The molecule has 1 unspecified atom stereocenters. The van der Waals surface area contributed by atoms with Crippen LogP contribution < -0.4 is 0 Å². The van der Waals surface area contributed by atoms with Gasteiger partial charge in [0.25, 0.3) is 0 Å². The smallest absolute Gasteiger partial charge is 0.471 e. The minimum absolute atomic E-state index is 0.0879. The second-order valence-electron chi connectivity index (χ2n) is 4.02. The summed E-state index contributed by atoms with van der Waals surface area (Å²) in [5.41, 5.74) is 0. The van der Waals surface area contributed by atoms with Gasteiger partial charge in [0.15, 0.2) is 0 Å². The van der Waals surface area contributed by atoms with Crippen molar-refractivity contribution in [1.82, 2.24) is 4.90 Å². The monoisotopic (exact) mass is 275 g/mol. The maximum Gasteiger partial charge on any atom is 0.471 e. The van der Waals surface area contributed by atoms with Crippen molar-refractivity contribution in [1.29, 1.82) is 0 Å². The highest BCUT2D eigenvalue weighted by Gasteiger charge is 2.51. The quantitative estimate of drug-likeness (QED) is 0.777. The average molecular weight is 275 g/mol. The average Bonchev–Trinajstić information content (AvgIpc) is 2.26. The predicted molar refractivity (Wildman–Crippen MR) is 47.9 cm³/mol. The number of hydrogen-bond acceptors (Lipinski definition) is 2. The Hall–Kier alpha value is -1.41. The second-order valence-corrected chi connectivity index (χ2v) is 4.02. The molecular formula is C9H10F5NO3. The molecule has 18 heavy (non-hydrogen) atoms. The van der Waals surface area contributed by atoms with E-state index in [2.05, 4.69) is 0 Å². The van der Waals surface area contributed by atoms with Crippen LogP contribution in [0, 0.1) is 5.92 Å². The Balaban J connectivity index is 2.79. The predicted octanol–water partition coefficient (Wildman–Crippen LogP) is 1.51. The van der Waals surface area contributed by atoms with Crippen LogP contribution in [-0.4, -0.2) is 47.1 Å². The van der Waals surface area contributed by atoms with Crippen LogP contribution >= 0.6 is 0 Å². The van der Waals surface area contributed by atoms with Gasteiger partial charge in [0.05, 0.1) is 5.92 Å². The third kappa shape index (κ3) is 2.88. The van der Waals surface area contributed by atoms with Gasteiger partial charge in [-0.15, -0.1) is 0 Å². The van der Waals surface area contributed by atoms with Crippen LogP contribution in [0.3, 0.4) is 0 Å². The molecule has 0 bridgehead atoms. The molecule has 1 heterocycles. The van der Waals surface area contributed by atoms with E-state index in [0.29, 0.717) is 0 Å². The molecule has 1 amide bonds. The number of piperidine rings is 1. The minimum atomic E-state index is -5.14. The van der Waals surface area contributed by atoms with Crippen molar-refractivity contribution in [2.24, 2.45) is 5.92 Å². The van der Waals surface area contributed by atoms with Gasteiger partial charge in [-0.1, -0.05) is 0 Å². The molecular weight excluding hydrogens is 265 g/mol. The number of hydrogen-bond donors (Lipinski definition) is 1. The van der Waals surface area contributed by atoms with E-state index in [1.165, 1.54) is 0 Å². The number of carbonyl (C=O) groups excluding carboxylic acids is 1. The number of alkyl halides is 5. The lowest BCUT2D eigenvalue weighted by Crippen LogP contribution is -2.51. The lowest BCUT2D eigenvalue weighted by molar-refractivity contribution is -0.193. The Morgan fingerprint density at radius 1 is 1.17 bits per heavy atom. The molecule has 1 N–H and O–H groups in total. The molecule has 0 aromatic heterocycles. The number of aliphatic carboxylic acids is 1. The van der Waals surface area contributed by atoms with E-state index >= 15 is 0 Å². The zero-order valence-corrected chi connectivity index (χ0v) is 9.01. The zero-order valence-electron chi connectivity index (χ0n) is 9.01. The Bertz CT molecular complexity index is 355. The molecule has 0 radical (unpaired) electrons. The van der Waals surface area contributed by atoms with Crippen LogP contribution in [0.15, 0.2) is 0 Å². The fourth-order valence-corrected chi connectivity index (χ4v) is 1.81. The van der Waals surface area contributed by atoms with Gasteiger partial charge in [-0.25, -0.2) is 4.79 Å². The zero-order chi connectivity index (χ0) is 14.1. The lowest BCUT2D eigenvalue weighted by atomic mass is 9.91. The molecule has 0 aliphatic carbocycles. The number of likely N-dealkylation sites (tertiary alicyclic amines) is 1. The highest BCUT2D eigenvalue weighted by Crippen LogP contribution is 2.33. The van der Waals surface area contributed by atoms with E-state index in [-0.39, 0.29) is 24.3 Å². The van der Waals surface area contributed by atoms with E-state index in [0.717, 1.165) is 0 Å². The van der Waals surface area contributed by atoms with Gasteiger partial charge in [-0.2, -0.15) is 22.0 Å². The summed E-state index contributed by atoms with van der Waals surface area (Å²) in [6.45, 7) is -1.21. The lowest BCUT2D eigenvalue weighted by Gasteiger charge is -2.35. The summed E-state index contributed by atoms with van der Waals surface area (Å²) in [7, 11) is 0. The van der Waals surface area contributed by atoms with E-state index in [4.69, 9.17) is 5.11 Å². The van der Waals surface area contributed by atoms with Gasteiger partial charge in [-0.05, 0) is 12.8 Å². The van der Waals surface area contributed by atoms with Crippen molar-refractivity contribution in [3.8, 4) is 0 Å². The van der Waals surface area contributed by atoms with E-state index in [9.17, 15) is 31.5 Å². The van der Waals surface area contributed by atoms with Crippen LogP contribution in [0.1, 0.15) is 12.8 Å². The third-order valence-electron chi connectivity index (χ3n) is 2.75. The first kappa shape index (κ1) is 14.7. The van der Waals surface area contributed by atoms with Crippen LogP contribution in [-0.2, 0) is 9.59 Å². The van der Waals surface area contributed by atoms with Crippen LogP contribution in [0.25, 0.3) is 0 Å². The van der Waals surface area contributed by atoms with Crippen LogP contribution in [0.2, 0.25) is 0 Å². The summed E-state index contributed by atoms with van der Waals surface area (Å²) in [6, 6.07) is 0. The number of carboxylic acids is 1. The highest BCUT2D eigenvalue weighted by molar-refractivity contribution is 5.82. The van der Waals surface area contributed by atoms with Crippen molar-refractivity contribution < 1.29 is 36.6 Å². The number of amides is 1. The van der Waals surface area contributed by atoms with Crippen molar-refractivity contribution in [2.45, 2.75) is 24.9 Å². The molecule has 1 rings (SSSR count). The van der Waals surface area contributed by atoms with Gasteiger partial charge >= 0.3 is 24.0 Å². The third-order valence-corrected chi connectivity index (χ3v) is 2.75. The summed E-state index contributed by atoms with van der Waals surface area (Å²) < 4.78 is 62.7. The number of halogens is 5. The molecule has 0 spiro atoms. The van der Waals surface area contributed by atoms with Crippen molar-refractivity contribution in [3.05, 3.63) is 0 Å². The molecule has 9 heteroatoms. The highest BCUT2D eigenvalue weighted by atomic mass is 19.4. The summed E-state index contributed by atoms with van der Waals surface area (Å²) in [6.07, 6.45) is -5.46. The molecule has 1 aliphatic heterocycles. The standard InChI is InChI=1S/C9H10F5NO3/c10-8(11,7(17)18)5-2-1-3-15(4-5)6(16)9(12,13)14/h5H,1-4H2,(H,17,18). The van der Waals surface area contributed by atoms with Gasteiger partial charge in [0, 0.05) is 13.1 Å². The summed E-state index contributed by atoms with van der Waals surface area (Å²) in [5, 5.41) is 8.30. The minimum Gasteiger partial charge on any atom is -0.477 e. The van der Waals surface area contributed by atoms with E-state index in [1.54, 1.807) is 0 Å². The second kappa shape index (κ2) is 4.69. The molecule has 0 saturated carbocycles. The summed E-state index contributed by atoms with van der Waals surface area (Å²) in [5.74, 6) is -10.5. The largest absolute Gasteiger partial charge is 0.477 e. The van der Waals surface area contributed by atoms with E-state index < -0.39 is 36.4 Å². The van der Waals surface area contributed by atoms with E-state index in [1.807, 2.05) is 0 Å². The molecule has 1 fully saturated rings. The summed E-state index contributed by atoms with van der Waals surface area (Å²) in [4.78, 5) is 21.4. The Morgan fingerprint density at radius 3 is 2.17 bits per heavy atom.